The topological polar surface area (TPSA) is 51.6 Å². The van der Waals surface area contributed by atoms with Gasteiger partial charge in [0.15, 0.2) is 0 Å². The van der Waals surface area contributed by atoms with E-state index in [9.17, 15) is 5.11 Å². The highest BCUT2D eigenvalue weighted by atomic mass is 35.5. The normalized spacial score (nSPS) is 34.1. The fourth-order valence-corrected chi connectivity index (χ4v) is 6.54. The molecular weight excluding hydrogens is 392 g/mol. The average Bonchev–Trinajstić information content (AvgIpc) is 3.29. The molecule has 0 radical (unpaired) electrons. The Morgan fingerprint density at radius 2 is 1.96 bits per heavy atom. The lowest BCUT2D eigenvalue weighted by molar-refractivity contribution is 0.153. The summed E-state index contributed by atoms with van der Waals surface area (Å²) in [4.78, 5) is 5.03. The zero-order chi connectivity index (χ0) is 19.1. The number of nitrogens with zero attached hydrogens (tertiary/aromatic N) is 3. The predicted molar refractivity (Wildman–Crippen MR) is 116 cm³/mol. The number of nitrogens with one attached hydrogen (secondary N) is 1. The number of aromatic nitrogens is 1. The van der Waals surface area contributed by atoms with Crippen molar-refractivity contribution in [2.75, 3.05) is 37.6 Å². The second kappa shape index (κ2) is 8.07. The van der Waals surface area contributed by atoms with E-state index >= 15 is 0 Å². The Morgan fingerprint density at radius 3 is 2.82 bits per heavy atom. The molecule has 0 amide bonds. The SMILES string of the molecule is O[C@@H]1CC2CC(CCN3CCN(c4nsc5ccccc45)CC3)C(Cl)CC2N1. The molecule has 3 heterocycles. The van der Waals surface area contributed by atoms with Gasteiger partial charge in [-0.15, -0.1) is 11.6 Å². The fraction of sp³-hybridized carbons (Fsp3) is 0.667. The van der Waals surface area contributed by atoms with Crippen LogP contribution < -0.4 is 10.2 Å². The van der Waals surface area contributed by atoms with E-state index in [0.717, 1.165) is 57.8 Å². The molecule has 5 rings (SSSR count). The summed E-state index contributed by atoms with van der Waals surface area (Å²) in [6.45, 7) is 5.41. The summed E-state index contributed by atoms with van der Waals surface area (Å²) < 4.78 is 5.99. The van der Waals surface area contributed by atoms with Gasteiger partial charge in [0.05, 0.1) is 4.70 Å². The van der Waals surface area contributed by atoms with Gasteiger partial charge in [-0.2, -0.15) is 4.37 Å². The molecule has 2 saturated heterocycles. The van der Waals surface area contributed by atoms with E-state index < -0.39 is 0 Å². The molecular formula is C21H29ClN4OS. The molecule has 0 bridgehead atoms. The average molecular weight is 421 g/mol. The molecule has 0 spiro atoms. The zero-order valence-corrected chi connectivity index (χ0v) is 17.7. The minimum absolute atomic E-state index is 0.238. The molecule has 3 fully saturated rings. The minimum Gasteiger partial charge on any atom is -0.379 e. The number of fused-ring (bicyclic) bond motifs is 2. The molecule has 1 aromatic heterocycles. The first kappa shape index (κ1) is 19.1. The number of alkyl halides is 1. The first-order chi connectivity index (χ1) is 13.7. The summed E-state index contributed by atoms with van der Waals surface area (Å²) in [6.07, 6.45) is 3.90. The third-order valence-electron chi connectivity index (χ3n) is 6.94. The number of aliphatic hydroxyl groups is 1. The molecule has 2 N–H and O–H groups in total. The van der Waals surface area contributed by atoms with E-state index in [1.54, 1.807) is 11.5 Å². The molecule has 1 aromatic carbocycles. The van der Waals surface area contributed by atoms with Crippen LogP contribution in [0.5, 0.6) is 0 Å². The first-order valence-electron chi connectivity index (χ1n) is 10.6. The Balaban J connectivity index is 1.13. The Bertz CT molecular complexity index is 809. The number of anilines is 1. The van der Waals surface area contributed by atoms with Crippen LogP contribution >= 0.6 is 23.1 Å². The molecule has 1 saturated carbocycles. The van der Waals surface area contributed by atoms with Crippen LogP contribution in [0.1, 0.15) is 25.7 Å². The third-order valence-corrected chi connectivity index (χ3v) is 8.30. The number of piperazine rings is 1. The Morgan fingerprint density at radius 1 is 1.14 bits per heavy atom. The summed E-state index contributed by atoms with van der Waals surface area (Å²) in [6, 6.07) is 8.95. The zero-order valence-electron chi connectivity index (χ0n) is 16.1. The smallest absolute Gasteiger partial charge is 0.150 e. The van der Waals surface area contributed by atoms with Gasteiger partial charge in [0.2, 0.25) is 0 Å². The van der Waals surface area contributed by atoms with Crippen LogP contribution in [-0.4, -0.2) is 64.8 Å². The largest absolute Gasteiger partial charge is 0.379 e. The summed E-state index contributed by atoms with van der Waals surface area (Å²) in [5.41, 5.74) is 0. The minimum atomic E-state index is -0.326. The maximum absolute atomic E-state index is 9.86. The standard InChI is InChI=1S/C21H29ClN4OS/c22-17-13-18-15(12-20(27)23-18)11-14(17)5-6-25-7-9-26(10-8-25)21-16-3-1-2-4-19(16)28-24-21/h1-4,14-15,17-18,20,23,27H,5-13H2/t14?,15?,17?,18?,20-/m1/s1. The summed E-state index contributed by atoms with van der Waals surface area (Å²) in [5, 5.41) is 14.7. The van der Waals surface area contributed by atoms with E-state index in [2.05, 4.69) is 39.4 Å². The van der Waals surface area contributed by atoms with Gasteiger partial charge in [0.25, 0.3) is 0 Å². The van der Waals surface area contributed by atoms with Crippen LogP contribution in [0.15, 0.2) is 24.3 Å². The number of aliphatic hydroxyl groups excluding tert-OH is 1. The lowest BCUT2D eigenvalue weighted by Crippen LogP contribution is -2.47. The second-order valence-corrected chi connectivity index (χ2v) is 10.0. The van der Waals surface area contributed by atoms with Crippen LogP contribution in [-0.2, 0) is 0 Å². The van der Waals surface area contributed by atoms with Crippen molar-refractivity contribution in [3.8, 4) is 0 Å². The molecule has 4 unspecified atom stereocenters. The molecule has 1 aliphatic carbocycles. The molecule has 152 valence electrons. The molecule has 2 aliphatic heterocycles. The molecule has 28 heavy (non-hydrogen) atoms. The van der Waals surface area contributed by atoms with Crippen molar-refractivity contribution >= 4 is 39.0 Å². The van der Waals surface area contributed by atoms with Crippen molar-refractivity contribution in [1.29, 1.82) is 0 Å². The van der Waals surface area contributed by atoms with Crippen LogP contribution in [0.4, 0.5) is 5.82 Å². The molecule has 5 nitrogen and oxygen atoms in total. The highest BCUT2D eigenvalue weighted by Gasteiger charge is 2.41. The molecule has 2 aromatic rings. The molecule has 3 aliphatic rings. The van der Waals surface area contributed by atoms with Gasteiger partial charge in [-0.3, -0.25) is 10.2 Å². The number of rotatable bonds is 4. The van der Waals surface area contributed by atoms with Crippen molar-refractivity contribution in [3.63, 3.8) is 0 Å². The Kier molecular flexibility index (Phi) is 5.50. The van der Waals surface area contributed by atoms with Crippen molar-refractivity contribution in [1.82, 2.24) is 14.6 Å². The number of hydrogen-bond acceptors (Lipinski definition) is 6. The second-order valence-electron chi connectivity index (χ2n) is 8.65. The van der Waals surface area contributed by atoms with Crippen molar-refractivity contribution < 1.29 is 5.11 Å². The quantitative estimate of drug-likeness (QED) is 0.744. The van der Waals surface area contributed by atoms with Gasteiger partial charge in [0.1, 0.15) is 12.0 Å². The number of benzene rings is 1. The van der Waals surface area contributed by atoms with E-state index in [4.69, 9.17) is 16.0 Å². The van der Waals surface area contributed by atoms with Crippen molar-refractivity contribution in [3.05, 3.63) is 24.3 Å². The van der Waals surface area contributed by atoms with Crippen molar-refractivity contribution in [2.24, 2.45) is 11.8 Å². The highest BCUT2D eigenvalue weighted by molar-refractivity contribution is 7.13. The van der Waals surface area contributed by atoms with Gasteiger partial charge >= 0.3 is 0 Å². The Labute approximate surface area is 175 Å². The monoisotopic (exact) mass is 420 g/mol. The first-order valence-corrected chi connectivity index (χ1v) is 11.8. The van der Waals surface area contributed by atoms with Gasteiger partial charge in [-0.05, 0) is 67.7 Å². The van der Waals surface area contributed by atoms with Crippen molar-refractivity contribution in [2.45, 2.75) is 43.3 Å². The van der Waals surface area contributed by atoms with Gasteiger partial charge < -0.3 is 10.0 Å². The maximum atomic E-state index is 9.86. The van der Waals surface area contributed by atoms with E-state index in [1.165, 1.54) is 16.5 Å². The molecule has 5 atom stereocenters. The van der Waals surface area contributed by atoms with Gasteiger partial charge in [-0.25, -0.2) is 0 Å². The van der Waals surface area contributed by atoms with Crippen LogP contribution in [0.3, 0.4) is 0 Å². The third kappa shape index (κ3) is 3.77. The lowest BCUT2D eigenvalue weighted by atomic mass is 9.77. The van der Waals surface area contributed by atoms with Crippen LogP contribution in [0.2, 0.25) is 0 Å². The molecule has 7 heteroatoms. The van der Waals surface area contributed by atoms with Gasteiger partial charge in [0, 0.05) is 43.0 Å². The summed E-state index contributed by atoms with van der Waals surface area (Å²) in [7, 11) is 0. The van der Waals surface area contributed by atoms with Crippen LogP contribution in [0, 0.1) is 11.8 Å². The predicted octanol–water partition coefficient (Wildman–Crippen LogP) is 3.12. The van der Waals surface area contributed by atoms with Gasteiger partial charge in [-0.1, -0.05) is 12.1 Å². The highest BCUT2D eigenvalue weighted by Crippen LogP contribution is 2.40. The van der Waals surface area contributed by atoms with E-state index in [1.807, 2.05) is 0 Å². The summed E-state index contributed by atoms with van der Waals surface area (Å²) in [5.74, 6) is 2.34. The lowest BCUT2D eigenvalue weighted by Gasteiger charge is -2.38. The van der Waals surface area contributed by atoms with E-state index in [-0.39, 0.29) is 11.6 Å². The summed E-state index contributed by atoms with van der Waals surface area (Å²) >= 11 is 8.31. The fourth-order valence-electron chi connectivity index (χ4n) is 5.33. The number of halogens is 1. The van der Waals surface area contributed by atoms with Crippen LogP contribution in [0.25, 0.3) is 10.1 Å². The Hall–Kier alpha value is -0.920. The van der Waals surface area contributed by atoms with E-state index in [0.29, 0.717) is 17.9 Å². The maximum Gasteiger partial charge on any atom is 0.150 e. The number of hydrogen-bond donors (Lipinski definition) is 2.